The van der Waals surface area contributed by atoms with Crippen molar-refractivity contribution in [3.05, 3.63) is 36.1 Å². The third-order valence-corrected chi connectivity index (χ3v) is 4.84. The molecular weight excluding hydrogens is 333 g/mol. The summed E-state index contributed by atoms with van der Waals surface area (Å²) in [5.41, 5.74) is 0.858. The molecule has 2 heterocycles. The fourth-order valence-corrected chi connectivity index (χ4v) is 3.53. The summed E-state index contributed by atoms with van der Waals surface area (Å²) in [5, 5.41) is 4.17. The van der Waals surface area contributed by atoms with Gasteiger partial charge in [-0.3, -0.25) is 0 Å². The van der Waals surface area contributed by atoms with E-state index in [1.807, 2.05) is 0 Å². The van der Waals surface area contributed by atoms with Crippen molar-refractivity contribution < 1.29 is 23.4 Å². The molecule has 3 rings (SSSR count). The van der Waals surface area contributed by atoms with Crippen molar-refractivity contribution in [2.45, 2.75) is 18.9 Å². The van der Waals surface area contributed by atoms with Gasteiger partial charge >= 0.3 is 6.16 Å². The van der Waals surface area contributed by atoms with Crippen molar-refractivity contribution in [1.29, 1.82) is 0 Å². The molecule has 1 aromatic heterocycles. The van der Waals surface area contributed by atoms with Gasteiger partial charge in [-0.2, -0.15) is 0 Å². The number of carbonyl (C=O) groups excluding carboxylic acids is 1. The maximum Gasteiger partial charge on any atom is 0.513 e. The van der Waals surface area contributed by atoms with Crippen molar-refractivity contribution in [1.82, 2.24) is 0 Å². The molecule has 7 heteroatoms. The quantitative estimate of drug-likeness (QED) is 0.833. The molecule has 0 unspecified atom stereocenters. The largest absolute Gasteiger partial charge is 0.513 e. The van der Waals surface area contributed by atoms with Gasteiger partial charge in [0.1, 0.15) is 10.8 Å². The first-order valence-electron chi connectivity index (χ1n) is 7.65. The first kappa shape index (κ1) is 16.7. The Kier molecular flexibility index (Phi) is 5.32. The maximum atomic E-state index is 13.1. The molecule has 1 aliphatic heterocycles. The number of halogens is 1. The predicted molar refractivity (Wildman–Crippen MR) is 90.2 cm³/mol. The van der Waals surface area contributed by atoms with Gasteiger partial charge in [-0.25, -0.2) is 9.18 Å². The van der Waals surface area contributed by atoms with Crippen molar-refractivity contribution in [3.63, 3.8) is 0 Å². The lowest BCUT2D eigenvalue weighted by Gasteiger charge is -2.23. The molecule has 2 aromatic rings. The normalized spacial score (nSPS) is 15.1. The monoisotopic (exact) mass is 351 g/mol. The average Bonchev–Trinajstić information content (AvgIpc) is 2.98. The maximum absolute atomic E-state index is 13.1. The highest BCUT2D eigenvalue weighted by molar-refractivity contribution is 7.19. The highest BCUT2D eigenvalue weighted by Crippen LogP contribution is 2.41. The average molecular weight is 351 g/mol. The number of benzene rings is 1. The molecule has 1 saturated heterocycles. The van der Waals surface area contributed by atoms with Crippen LogP contribution in [0.2, 0.25) is 0 Å². The number of hydrogen-bond donors (Lipinski definition) is 1. The van der Waals surface area contributed by atoms with Crippen LogP contribution >= 0.6 is 11.3 Å². The highest BCUT2D eigenvalue weighted by Gasteiger charge is 2.20. The van der Waals surface area contributed by atoms with Crippen molar-refractivity contribution in [2.24, 2.45) is 0 Å². The van der Waals surface area contributed by atoms with Crippen LogP contribution in [0.5, 0.6) is 5.75 Å². The smallest absolute Gasteiger partial charge is 0.437 e. The minimum atomic E-state index is -0.770. The van der Waals surface area contributed by atoms with E-state index in [0.29, 0.717) is 19.0 Å². The molecule has 1 N–H and O–H groups in total. The van der Waals surface area contributed by atoms with Crippen LogP contribution < -0.4 is 10.1 Å². The Hall–Kier alpha value is -2.12. The van der Waals surface area contributed by atoms with Crippen LogP contribution in [0, 0.1) is 5.82 Å². The van der Waals surface area contributed by atoms with Crippen molar-refractivity contribution >= 4 is 22.5 Å². The number of rotatable bonds is 4. The molecule has 0 amide bonds. The van der Waals surface area contributed by atoms with Gasteiger partial charge in [-0.15, -0.1) is 11.3 Å². The Bertz CT molecular complexity index is 695. The third kappa shape index (κ3) is 4.04. The lowest BCUT2D eigenvalue weighted by molar-refractivity contribution is 0.0903. The van der Waals surface area contributed by atoms with E-state index in [4.69, 9.17) is 9.47 Å². The van der Waals surface area contributed by atoms with Crippen molar-refractivity contribution in [3.8, 4) is 16.2 Å². The first-order chi connectivity index (χ1) is 11.7. The number of hydrogen-bond acceptors (Lipinski definition) is 6. The molecule has 0 aliphatic carbocycles. The molecular formula is C17H18FNO4S. The lowest BCUT2D eigenvalue weighted by atomic mass is 10.1. The molecule has 0 radical (unpaired) electrons. The molecule has 1 aliphatic rings. The number of carbonyl (C=O) groups is 1. The molecule has 0 spiro atoms. The molecule has 128 valence electrons. The van der Waals surface area contributed by atoms with Gasteiger partial charge in [0.15, 0.2) is 5.75 Å². The summed E-state index contributed by atoms with van der Waals surface area (Å²) in [5.74, 6) is 0.125. The van der Waals surface area contributed by atoms with Crippen LogP contribution in [0.25, 0.3) is 10.4 Å². The second-order valence-corrected chi connectivity index (χ2v) is 6.45. The van der Waals surface area contributed by atoms with Gasteiger partial charge in [-0.1, -0.05) is 12.1 Å². The van der Waals surface area contributed by atoms with E-state index in [1.165, 1.54) is 30.6 Å². The highest BCUT2D eigenvalue weighted by atomic mass is 32.1. The molecule has 24 heavy (non-hydrogen) atoms. The van der Waals surface area contributed by atoms with Gasteiger partial charge in [0.25, 0.3) is 0 Å². The first-order valence-corrected chi connectivity index (χ1v) is 8.47. The lowest BCUT2D eigenvalue weighted by Crippen LogP contribution is -2.27. The van der Waals surface area contributed by atoms with Crippen LogP contribution in [0.15, 0.2) is 30.3 Å². The minimum Gasteiger partial charge on any atom is -0.437 e. The predicted octanol–water partition coefficient (Wildman–Crippen LogP) is 4.29. The van der Waals surface area contributed by atoms with E-state index >= 15 is 0 Å². The van der Waals surface area contributed by atoms with Gasteiger partial charge in [-0.05, 0) is 30.5 Å². The van der Waals surface area contributed by atoms with E-state index < -0.39 is 6.16 Å². The van der Waals surface area contributed by atoms with E-state index in [2.05, 4.69) is 10.1 Å². The summed E-state index contributed by atoms with van der Waals surface area (Å²) >= 11 is 1.46. The van der Waals surface area contributed by atoms with Crippen LogP contribution in [0.3, 0.4) is 0 Å². The van der Waals surface area contributed by atoms with Crippen LogP contribution in [0.1, 0.15) is 12.8 Å². The SMILES string of the molecule is COC(=O)Oc1cc(-c2ccc(F)cc2)sc1NC1CCOCC1. The standard InChI is InChI=1S/C17H18FNO4S/c1-21-17(20)23-14-10-15(11-2-4-12(18)5-3-11)24-16(14)19-13-6-8-22-9-7-13/h2-5,10,13,19H,6-9H2,1H3. The zero-order valence-electron chi connectivity index (χ0n) is 13.2. The van der Waals surface area contributed by atoms with Crippen LogP contribution in [0.4, 0.5) is 14.2 Å². The third-order valence-electron chi connectivity index (χ3n) is 3.74. The number of nitrogens with one attached hydrogen (secondary N) is 1. The molecule has 0 saturated carbocycles. The summed E-state index contributed by atoms with van der Waals surface area (Å²) in [6.07, 6.45) is 1.01. The number of thiophene rings is 1. The molecule has 0 bridgehead atoms. The Morgan fingerprint density at radius 1 is 1.29 bits per heavy atom. The van der Waals surface area contributed by atoms with Gasteiger partial charge in [0.2, 0.25) is 0 Å². The number of ether oxygens (including phenoxy) is 3. The summed E-state index contributed by atoms with van der Waals surface area (Å²) in [7, 11) is 1.27. The molecule has 1 aromatic carbocycles. The zero-order valence-corrected chi connectivity index (χ0v) is 14.0. The molecule has 1 fully saturated rings. The Morgan fingerprint density at radius 2 is 2.00 bits per heavy atom. The van der Waals surface area contributed by atoms with Crippen molar-refractivity contribution in [2.75, 3.05) is 25.6 Å². The summed E-state index contributed by atoms with van der Waals surface area (Å²) in [4.78, 5) is 12.4. The molecule has 5 nitrogen and oxygen atoms in total. The number of anilines is 1. The Balaban J connectivity index is 1.86. The fraction of sp³-hybridized carbons (Fsp3) is 0.353. The van der Waals surface area contributed by atoms with Crippen LogP contribution in [-0.4, -0.2) is 32.5 Å². The number of methoxy groups -OCH3 is 1. The van der Waals surface area contributed by atoms with Crippen LogP contribution in [-0.2, 0) is 9.47 Å². The van der Waals surface area contributed by atoms with Gasteiger partial charge in [0, 0.05) is 30.2 Å². The summed E-state index contributed by atoms with van der Waals surface area (Å²) in [6, 6.07) is 8.22. The Morgan fingerprint density at radius 3 is 2.67 bits per heavy atom. The molecule has 0 atom stereocenters. The Labute approximate surface area is 143 Å². The van der Waals surface area contributed by atoms with E-state index in [-0.39, 0.29) is 11.9 Å². The van der Waals surface area contributed by atoms with E-state index in [9.17, 15) is 9.18 Å². The topological polar surface area (TPSA) is 56.8 Å². The summed E-state index contributed by atoms with van der Waals surface area (Å²) < 4.78 is 28.3. The zero-order chi connectivity index (χ0) is 16.9. The fourth-order valence-electron chi connectivity index (χ4n) is 2.47. The second kappa shape index (κ2) is 7.63. The van der Waals surface area contributed by atoms with E-state index in [0.717, 1.165) is 28.3 Å². The summed E-state index contributed by atoms with van der Waals surface area (Å²) in [6.45, 7) is 1.42. The van der Waals surface area contributed by atoms with E-state index in [1.54, 1.807) is 18.2 Å². The second-order valence-electron chi connectivity index (χ2n) is 5.40. The minimum absolute atomic E-state index is 0.262. The van der Waals surface area contributed by atoms with Gasteiger partial charge in [0.05, 0.1) is 7.11 Å². The van der Waals surface area contributed by atoms with Gasteiger partial charge < -0.3 is 19.5 Å².